The first-order valence-corrected chi connectivity index (χ1v) is 12.3. The topological polar surface area (TPSA) is 38.8 Å². The van der Waals surface area contributed by atoms with E-state index in [1.54, 1.807) is 0 Å². The molecule has 1 aliphatic heterocycles. The van der Waals surface area contributed by atoms with Crippen LogP contribution in [0.4, 0.5) is 0 Å². The molecular formula is C22H34NO3P. The second-order valence-electron chi connectivity index (χ2n) is 8.68. The highest BCUT2D eigenvalue weighted by Gasteiger charge is 2.44. The fourth-order valence-electron chi connectivity index (χ4n) is 5.07. The first-order chi connectivity index (χ1) is 13.1. The fourth-order valence-corrected chi connectivity index (χ4v) is 7.27. The average Bonchev–Trinajstić information content (AvgIpc) is 2.84. The predicted octanol–water partition coefficient (Wildman–Crippen LogP) is 6.43. The van der Waals surface area contributed by atoms with E-state index in [0.29, 0.717) is 25.3 Å². The van der Waals surface area contributed by atoms with Crippen molar-refractivity contribution in [1.82, 2.24) is 4.67 Å². The Morgan fingerprint density at radius 3 is 1.59 bits per heavy atom. The third-order valence-electron chi connectivity index (χ3n) is 6.76. The van der Waals surface area contributed by atoms with Crippen LogP contribution in [0.3, 0.4) is 0 Å². The lowest BCUT2D eigenvalue weighted by Crippen LogP contribution is -2.43. The van der Waals surface area contributed by atoms with Crippen molar-refractivity contribution in [2.45, 2.75) is 103 Å². The second kappa shape index (κ2) is 8.37. The molecule has 27 heavy (non-hydrogen) atoms. The average molecular weight is 391 g/mol. The number of nitrogens with zero attached hydrogens (tertiary/aromatic N) is 1. The van der Waals surface area contributed by atoms with Gasteiger partial charge in [-0.25, -0.2) is 9.24 Å². The molecule has 5 heteroatoms. The number of benzene rings is 1. The zero-order valence-corrected chi connectivity index (χ0v) is 17.8. The van der Waals surface area contributed by atoms with Crippen LogP contribution in [0, 0.1) is 13.8 Å². The number of hydrogen-bond donors (Lipinski definition) is 0. The predicted molar refractivity (Wildman–Crippen MR) is 109 cm³/mol. The molecule has 2 aliphatic carbocycles. The van der Waals surface area contributed by atoms with Crippen LogP contribution in [0.15, 0.2) is 12.1 Å². The Morgan fingerprint density at radius 1 is 0.778 bits per heavy atom. The largest absolute Gasteiger partial charge is 0.409 e. The summed E-state index contributed by atoms with van der Waals surface area (Å²) in [6.45, 7) is 5.03. The van der Waals surface area contributed by atoms with Crippen LogP contribution in [-0.2, 0) is 26.8 Å². The standard InChI is InChI=1S/C22H34NO3P/c1-17-13-19-15-25-27(24,26-16-20(19)14-18(17)2)23(21-9-5-3-6-10-21)22-11-7-4-8-12-22/h13-14,21-22H,3-12,15-16H2,1-2H3. The Hall–Kier alpha value is -0.670. The van der Waals surface area contributed by atoms with Gasteiger partial charge >= 0.3 is 7.75 Å². The number of aryl methyl sites for hydroxylation is 2. The van der Waals surface area contributed by atoms with Crippen LogP contribution >= 0.6 is 7.75 Å². The maximum Gasteiger partial charge on any atom is 0.409 e. The number of fused-ring (bicyclic) bond motifs is 1. The van der Waals surface area contributed by atoms with Gasteiger partial charge in [-0.2, -0.15) is 0 Å². The van der Waals surface area contributed by atoms with Crippen molar-refractivity contribution in [3.63, 3.8) is 0 Å². The van der Waals surface area contributed by atoms with E-state index >= 15 is 0 Å². The minimum Gasteiger partial charge on any atom is -0.292 e. The lowest BCUT2D eigenvalue weighted by atomic mass is 9.91. The smallest absolute Gasteiger partial charge is 0.292 e. The van der Waals surface area contributed by atoms with Gasteiger partial charge in [0.1, 0.15) is 0 Å². The van der Waals surface area contributed by atoms with E-state index in [2.05, 4.69) is 30.7 Å². The third-order valence-corrected chi connectivity index (χ3v) is 8.89. The first kappa shape index (κ1) is 19.6. The molecule has 4 nitrogen and oxygen atoms in total. The first-order valence-electron chi connectivity index (χ1n) is 10.8. The van der Waals surface area contributed by atoms with E-state index in [-0.39, 0.29) is 0 Å². The summed E-state index contributed by atoms with van der Waals surface area (Å²) in [5.41, 5.74) is 4.77. The molecule has 0 atom stereocenters. The van der Waals surface area contributed by atoms with Crippen molar-refractivity contribution in [2.75, 3.05) is 0 Å². The summed E-state index contributed by atoms with van der Waals surface area (Å²) < 4.78 is 28.6. The molecule has 0 unspecified atom stereocenters. The van der Waals surface area contributed by atoms with Gasteiger partial charge in [-0.15, -0.1) is 0 Å². The molecule has 0 saturated heterocycles. The zero-order chi connectivity index (χ0) is 18.9. The molecule has 0 aromatic heterocycles. The molecule has 1 heterocycles. The molecule has 0 N–H and O–H groups in total. The van der Waals surface area contributed by atoms with Crippen molar-refractivity contribution >= 4 is 7.75 Å². The molecule has 1 aromatic rings. The van der Waals surface area contributed by atoms with Crippen LogP contribution in [-0.4, -0.2) is 16.8 Å². The van der Waals surface area contributed by atoms with E-state index in [9.17, 15) is 4.57 Å². The molecule has 0 spiro atoms. The van der Waals surface area contributed by atoms with Crippen molar-refractivity contribution in [2.24, 2.45) is 0 Å². The molecule has 4 rings (SSSR count). The van der Waals surface area contributed by atoms with Gasteiger partial charge in [-0.05, 0) is 61.8 Å². The maximum atomic E-state index is 14.1. The van der Waals surface area contributed by atoms with Crippen LogP contribution in [0.25, 0.3) is 0 Å². The zero-order valence-electron chi connectivity index (χ0n) is 16.9. The summed E-state index contributed by atoms with van der Waals surface area (Å²) in [6, 6.07) is 5.04. The minimum atomic E-state index is -3.28. The highest BCUT2D eigenvalue weighted by atomic mass is 31.2. The normalized spacial score (nSPS) is 24.6. The van der Waals surface area contributed by atoms with Gasteiger partial charge in [0.05, 0.1) is 13.2 Å². The molecular weight excluding hydrogens is 357 g/mol. The summed E-state index contributed by atoms with van der Waals surface area (Å²) in [7, 11) is -3.28. The van der Waals surface area contributed by atoms with Crippen LogP contribution in [0.5, 0.6) is 0 Å². The highest BCUT2D eigenvalue weighted by Crippen LogP contribution is 2.59. The van der Waals surface area contributed by atoms with E-state index < -0.39 is 7.75 Å². The molecule has 0 radical (unpaired) electrons. The monoisotopic (exact) mass is 391 g/mol. The molecule has 2 saturated carbocycles. The third kappa shape index (κ3) is 4.19. The summed E-state index contributed by atoms with van der Waals surface area (Å²) in [4.78, 5) is 0. The van der Waals surface area contributed by atoms with Crippen LogP contribution in [0.1, 0.15) is 86.5 Å². The van der Waals surface area contributed by atoms with Crippen molar-refractivity contribution < 1.29 is 13.6 Å². The summed E-state index contributed by atoms with van der Waals surface area (Å²) in [5, 5.41) is 0. The Bertz CT molecular complexity index is 653. The van der Waals surface area contributed by atoms with E-state index in [1.807, 2.05) is 0 Å². The molecule has 150 valence electrons. The van der Waals surface area contributed by atoms with Gasteiger partial charge in [0.25, 0.3) is 0 Å². The Morgan fingerprint density at radius 2 is 1.19 bits per heavy atom. The Labute approximate surface area is 164 Å². The van der Waals surface area contributed by atoms with Gasteiger partial charge in [-0.1, -0.05) is 50.7 Å². The lowest BCUT2D eigenvalue weighted by molar-refractivity contribution is 0.0877. The van der Waals surface area contributed by atoms with Crippen LogP contribution < -0.4 is 0 Å². The number of rotatable bonds is 3. The SMILES string of the molecule is Cc1cc2c(cc1C)COP(=O)(N(C1CCCCC1)C1CCCCC1)OC2. The van der Waals surface area contributed by atoms with E-state index in [4.69, 9.17) is 9.05 Å². The molecule has 0 bridgehead atoms. The fraction of sp³-hybridized carbons (Fsp3) is 0.727. The Balaban J connectivity index is 1.61. The van der Waals surface area contributed by atoms with Gasteiger partial charge < -0.3 is 0 Å². The van der Waals surface area contributed by atoms with Crippen molar-refractivity contribution in [3.8, 4) is 0 Å². The number of hydrogen-bond acceptors (Lipinski definition) is 3. The summed E-state index contributed by atoms with van der Waals surface area (Å²) in [5.74, 6) is 0. The van der Waals surface area contributed by atoms with Gasteiger partial charge in [0, 0.05) is 12.1 Å². The molecule has 0 amide bonds. The van der Waals surface area contributed by atoms with Crippen molar-refractivity contribution in [3.05, 3.63) is 34.4 Å². The Kier molecular flexibility index (Phi) is 6.09. The van der Waals surface area contributed by atoms with Crippen LogP contribution in [0.2, 0.25) is 0 Å². The summed E-state index contributed by atoms with van der Waals surface area (Å²) >= 11 is 0. The van der Waals surface area contributed by atoms with Gasteiger partial charge in [0.15, 0.2) is 0 Å². The molecule has 2 fully saturated rings. The lowest BCUT2D eigenvalue weighted by Gasteiger charge is -2.43. The van der Waals surface area contributed by atoms with Gasteiger partial charge in [-0.3, -0.25) is 9.05 Å². The maximum absolute atomic E-state index is 14.1. The second-order valence-corrected chi connectivity index (χ2v) is 10.6. The molecule has 3 aliphatic rings. The van der Waals surface area contributed by atoms with Crippen molar-refractivity contribution in [1.29, 1.82) is 0 Å². The molecule has 1 aromatic carbocycles. The van der Waals surface area contributed by atoms with Gasteiger partial charge in [0.2, 0.25) is 0 Å². The quantitative estimate of drug-likeness (QED) is 0.557. The summed E-state index contributed by atoms with van der Waals surface area (Å²) in [6.07, 6.45) is 12.0. The minimum absolute atomic E-state index is 0.345. The highest BCUT2D eigenvalue weighted by molar-refractivity contribution is 7.51. The van der Waals surface area contributed by atoms with E-state index in [1.165, 1.54) is 49.7 Å². The van der Waals surface area contributed by atoms with E-state index in [0.717, 1.165) is 36.8 Å².